The number of amides is 2. The molecule has 0 spiro atoms. The molecule has 2 saturated heterocycles. The van der Waals surface area contributed by atoms with Crippen LogP contribution in [0.2, 0.25) is 0 Å². The molecule has 10 heteroatoms. The Morgan fingerprint density at radius 2 is 2.06 bits per heavy atom. The zero-order valence-electron chi connectivity index (χ0n) is 18.8. The Kier molecular flexibility index (Phi) is 7.46. The number of ether oxygens (including phenoxy) is 2. The third-order valence-corrected chi connectivity index (χ3v) is 6.04. The van der Waals surface area contributed by atoms with Crippen molar-refractivity contribution in [2.75, 3.05) is 46.4 Å². The van der Waals surface area contributed by atoms with Crippen molar-refractivity contribution in [3.05, 3.63) is 52.3 Å². The minimum atomic E-state index is -0.227. The van der Waals surface area contributed by atoms with Crippen molar-refractivity contribution in [2.45, 2.75) is 32.0 Å². The highest BCUT2D eigenvalue weighted by atomic mass is 16.5. The number of hydrogen-bond acceptors (Lipinski definition) is 7. The molecule has 4 heterocycles. The van der Waals surface area contributed by atoms with Crippen LogP contribution < -0.4 is 15.5 Å². The van der Waals surface area contributed by atoms with Gasteiger partial charge in [-0.2, -0.15) is 0 Å². The molecule has 1 unspecified atom stereocenters. The molecule has 33 heavy (non-hydrogen) atoms. The lowest BCUT2D eigenvalue weighted by Crippen LogP contribution is -2.48. The summed E-state index contributed by atoms with van der Waals surface area (Å²) in [5.41, 5.74) is 0.494. The van der Waals surface area contributed by atoms with E-state index in [1.807, 2.05) is 0 Å². The van der Waals surface area contributed by atoms with E-state index in [4.69, 9.17) is 13.9 Å². The highest BCUT2D eigenvalue weighted by Gasteiger charge is 2.24. The molecule has 0 saturated carbocycles. The first-order valence-electron chi connectivity index (χ1n) is 11.2. The molecule has 2 aromatic heterocycles. The van der Waals surface area contributed by atoms with E-state index in [1.165, 1.54) is 19.4 Å². The summed E-state index contributed by atoms with van der Waals surface area (Å²) in [7, 11) is 1.44. The van der Waals surface area contributed by atoms with Crippen LogP contribution in [0.1, 0.15) is 29.1 Å². The van der Waals surface area contributed by atoms with Crippen LogP contribution in [0, 0.1) is 0 Å². The molecule has 2 aromatic rings. The predicted octanol–water partition coefficient (Wildman–Crippen LogP) is 0.703. The van der Waals surface area contributed by atoms with Crippen LogP contribution in [0.4, 0.5) is 0 Å². The largest absolute Gasteiger partial charge is 0.491 e. The maximum Gasteiger partial charge on any atom is 0.289 e. The predicted molar refractivity (Wildman–Crippen MR) is 119 cm³/mol. The van der Waals surface area contributed by atoms with Gasteiger partial charge in [-0.25, -0.2) is 0 Å². The molecule has 1 atom stereocenters. The smallest absolute Gasteiger partial charge is 0.289 e. The second kappa shape index (κ2) is 10.7. The van der Waals surface area contributed by atoms with Crippen molar-refractivity contribution in [1.82, 2.24) is 19.7 Å². The molecule has 2 amide bonds. The Morgan fingerprint density at radius 1 is 1.24 bits per heavy atom. The van der Waals surface area contributed by atoms with Gasteiger partial charge in [-0.1, -0.05) is 0 Å². The van der Waals surface area contributed by atoms with E-state index in [2.05, 4.69) is 10.2 Å². The number of nitrogens with zero attached hydrogens (tertiary/aromatic N) is 3. The SMILES string of the molecule is COc1cn(CC(=O)NCC2CCCO2)c(CN2CCN(C(=O)c3ccco3)CC2)cc1=O. The van der Waals surface area contributed by atoms with Gasteiger partial charge < -0.3 is 28.7 Å². The van der Waals surface area contributed by atoms with Gasteiger partial charge in [0.05, 0.1) is 25.7 Å². The first-order chi connectivity index (χ1) is 16.0. The summed E-state index contributed by atoms with van der Waals surface area (Å²) in [4.78, 5) is 41.3. The molecule has 0 radical (unpaired) electrons. The van der Waals surface area contributed by atoms with E-state index in [0.717, 1.165) is 25.1 Å². The van der Waals surface area contributed by atoms with Crippen LogP contribution >= 0.6 is 0 Å². The number of rotatable bonds is 8. The molecule has 0 aromatic carbocycles. The zero-order valence-corrected chi connectivity index (χ0v) is 18.8. The van der Waals surface area contributed by atoms with Gasteiger partial charge in [-0.3, -0.25) is 19.3 Å². The fourth-order valence-electron chi connectivity index (χ4n) is 4.17. The molecule has 178 valence electrons. The fourth-order valence-corrected chi connectivity index (χ4v) is 4.17. The molecule has 1 N–H and O–H groups in total. The van der Waals surface area contributed by atoms with E-state index >= 15 is 0 Å². The highest BCUT2D eigenvalue weighted by Crippen LogP contribution is 2.14. The number of hydrogen-bond donors (Lipinski definition) is 1. The summed E-state index contributed by atoms with van der Waals surface area (Å²) < 4.78 is 17.7. The average molecular weight is 459 g/mol. The number of piperazine rings is 1. The number of pyridine rings is 1. The van der Waals surface area contributed by atoms with Gasteiger partial charge in [0.25, 0.3) is 5.91 Å². The van der Waals surface area contributed by atoms with Crippen LogP contribution in [0.3, 0.4) is 0 Å². The zero-order chi connectivity index (χ0) is 23.2. The molecule has 10 nitrogen and oxygen atoms in total. The summed E-state index contributed by atoms with van der Waals surface area (Å²) in [6.45, 7) is 4.20. The number of methoxy groups -OCH3 is 1. The first kappa shape index (κ1) is 23.1. The van der Waals surface area contributed by atoms with Crippen LogP contribution in [-0.4, -0.2) is 78.7 Å². The Labute approximate surface area is 192 Å². The first-order valence-corrected chi connectivity index (χ1v) is 11.2. The minimum absolute atomic E-state index is 0.0668. The van der Waals surface area contributed by atoms with Crippen molar-refractivity contribution in [3.8, 4) is 5.75 Å². The minimum Gasteiger partial charge on any atom is -0.491 e. The second-order valence-corrected chi connectivity index (χ2v) is 8.31. The molecular weight excluding hydrogens is 428 g/mol. The summed E-state index contributed by atoms with van der Waals surface area (Å²) in [6, 6.07) is 4.88. The molecule has 4 rings (SSSR count). The molecule has 2 fully saturated rings. The van der Waals surface area contributed by atoms with Crippen LogP contribution in [0.15, 0.2) is 39.9 Å². The van der Waals surface area contributed by atoms with Gasteiger partial charge in [0.15, 0.2) is 11.5 Å². The monoisotopic (exact) mass is 458 g/mol. The van der Waals surface area contributed by atoms with Crippen molar-refractivity contribution < 1.29 is 23.5 Å². The standard InChI is InChI=1S/C23H30N4O6/c1-31-21-15-27(16-22(29)24-13-18-4-2-10-32-18)17(12-19(21)28)14-25-6-8-26(9-7-25)23(30)20-5-3-11-33-20/h3,5,11-12,15,18H,2,4,6-10,13-14,16H2,1H3,(H,24,29). The number of aromatic nitrogens is 1. The van der Waals surface area contributed by atoms with Gasteiger partial charge in [-0.05, 0) is 25.0 Å². The van der Waals surface area contributed by atoms with Gasteiger partial charge in [0.2, 0.25) is 11.3 Å². The van der Waals surface area contributed by atoms with Crippen LogP contribution in [0.25, 0.3) is 0 Å². The maximum atomic E-state index is 12.6. The van der Waals surface area contributed by atoms with Crippen molar-refractivity contribution >= 4 is 11.8 Å². The van der Waals surface area contributed by atoms with E-state index in [1.54, 1.807) is 27.8 Å². The van der Waals surface area contributed by atoms with E-state index in [-0.39, 0.29) is 35.6 Å². The third kappa shape index (κ3) is 5.82. The Hall–Kier alpha value is -3.11. The van der Waals surface area contributed by atoms with Gasteiger partial charge in [0, 0.05) is 57.6 Å². The van der Waals surface area contributed by atoms with Crippen LogP contribution in [0.5, 0.6) is 5.75 Å². The topological polar surface area (TPSA) is 106 Å². The lowest BCUT2D eigenvalue weighted by atomic mass is 10.2. The van der Waals surface area contributed by atoms with Gasteiger partial charge >= 0.3 is 0 Å². The fraction of sp³-hybridized carbons (Fsp3) is 0.522. The van der Waals surface area contributed by atoms with Crippen LogP contribution in [-0.2, 0) is 22.6 Å². The normalized spacial score (nSPS) is 18.9. The Morgan fingerprint density at radius 3 is 2.73 bits per heavy atom. The second-order valence-electron chi connectivity index (χ2n) is 8.31. The number of furan rings is 1. The van der Waals surface area contributed by atoms with Gasteiger partial charge in [-0.15, -0.1) is 0 Å². The molecule has 2 aliphatic rings. The highest BCUT2D eigenvalue weighted by molar-refractivity contribution is 5.91. The number of carbonyl (C=O) groups is 2. The summed E-state index contributed by atoms with van der Waals surface area (Å²) in [6.07, 6.45) is 5.11. The molecule has 0 aliphatic carbocycles. The summed E-state index contributed by atoms with van der Waals surface area (Å²) in [5.74, 6) is 0.260. The van der Waals surface area contributed by atoms with E-state index < -0.39 is 0 Å². The Balaban J connectivity index is 1.38. The number of nitrogens with one attached hydrogen (secondary N) is 1. The average Bonchev–Trinajstić information content (AvgIpc) is 3.54. The summed E-state index contributed by atoms with van der Waals surface area (Å²) >= 11 is 0. The molecule has 0 bridgehead atoms. The third-order valence-electron chi connectivity index (χ3n) is 6.04. The van der Waals surface area contributed by atoms with E-state index in [0.29, 0.717) is 45.0 Å². The lowest BCUT2D eigenvalue weighted by Gasteiger charge is -2.34. The molecule has 2 aliphatic heterocycles. The molecular formula is C23H30N4O6. The maximum absolute atomic E-state index is 12.6. The van der Waals surface area contributed by atoms with Crippen molar-refractivity contribution in [2.24, 2.45) is 0 Å². The number of carbonyl (C=O) groups excluding carboxylic acids is 2. The lowest BCUT2D eigenvalue weighted by molar-refractivity contribution is -0.122. The van der Waals surface area contributed by atoms with Gasteiger partial charge in [0.1, 0.15) is 6.54 Å². The Bertz CT molecular complexity index is 1000. The van der Waals surface area contributed by atoms with Crippen molar-refractivity contribution in [1.29, 1.82) is 0 Å². The quantitative estimate of drug-likeness (QED) is 0.621. The van der Waals surface area contributed by atoms with Crippen molar-refractivity contribution in [3.63, 3.8) is 0 Å². The van der Waals surface area contributed by atoms with E-state index in [9.17, 15) is 14.4 Å². The summed E-state index contributed by atoms with van der Waals surface area (Å²) in [5, 5.41) is 2.92.